The molecule has 0 fully saturated rings. The van der Waals surface area contributed by atoms with E-state index in [0.717, 1.165) is 17.4 Å². The van der Waals surface area contributed by atoms with Gasteiger partial charge in [-0.2, -0.15) is 0 Å². The molecule has 2 aromatic carbocycles. The van der Waals surface area contributed by atoms with E-state index in [2.05, 4.69) is 5.32 Å². The second kappa shape index (κ2) is 7.09. The van der Waals surface area contributed by atoms with E-state index in [0.29, 0.717) is 22.0 Å². The fourth-order valence-electron chi connectivity index (χ4n) is 2.17. The maximum Gasteiger partial charge on any atom is 0.262 e. The van der Waals surface area contributed by atoms with Crippen molar-refractivity contribution in [3.8, 4) is 5.75 Å². The van der Waals surface area contributed by atoms with Crippen LogP contribution in [0.1, 0.15) is 21.5 Å². The Labute approximate surface area is 134 Å². The number of nitrogens with one attached hydrogen (secondary N) is 1. The number of aryl methyl sites for hydroxylation is 2. The first kappa shape index (κ1) is 16.0. The van der Waals surface area contributed by atoms with Gasteiger partial charge >= 0.3 is 0 Å². The van der Waals surface area contributed by atoms with E-state index in [4.69, 9.17) is 16.3 Å². The lowest BCUT2D eigenvalue weighted by molar-refractivity contribution is -0.118. The highest BCUT2D eigenvalue weighted by Gasteiger charge is 2.10. The number of para-hydroxylation sites is 1. The lowest BCUT2D eigenvalue weighted by Gasteiger charge is -2.13. The van der Waals surface area contributed by atoms with Crippen LogP contribution in [-0.2, 0) is 4.79 Å². The molecule has 4 nitrogen and oxygen atoms in total. The molecule has 114 valence electrons. The summed E-state index contributed by atoms with van der Waals surface area (Å²) in [6.45, 7) is 3.54. The van der Waals surface area contributed by atoms with E-state index in [9.17, 15) is 9.59 Å². The summed E-state index contributed by atoms with van der Waals surface area (Å²) in [5.41, 5.74) is 2.76. The Morgan fingerprint density at radius 1 is 1.23 bits per heavy atom. The highest BCUT2D eigenvalue weighted by atomic mass is 35.5. The van der Waals surface area contributed by atoms with Crippen LogP contribution in [0.4, 0.5) is 5.69 Å². The molecule has 2 rings (SSSR count). The molecule has 0 radical (unpaired) electrons. The predicted octanol–water partition coefficient (Wildman–Crippen LogP) is 3.79. The molecule has 22 heavy (non-hydrogen) atoms. The van der Waals surface area contributed by atoms with Crippen LogP contribution in [0.3, 0.4) is 0 Å². The quantitative estimate of drug-likeness (QED) is 0.854. The number of carbonyl (C=O) groups is 2. The fraction of sp³-hybridized carbons (Fsp3) is 0.176. The van der Waals surface area contributed by atoms with E-state index < -0.39 is 0 Å². The molecule has 0 aliphatic heterocycles. The van der Waals surface area contributed by atoms with Crippen LogP contribution < -0.4 is 10.1 Å². The molecule has 2 aromatic rings. The summed E-state index contributed by atoms with van der Waals surface area (Å²) >= 11 is 5.98. The number of rotatable bonds is 5. The third-order valence-electron chi connectivity index (χ3n) is 3.11. The van der Waals surface area contributed by atoms with Crippen molar-refractivity contribution in [2.45, 2.75) is 13.8 Å². The van der Waals surface area contributed by atoms with Crippen LogP contribution in [0.2, 0.25) is 5.02 Å². The van der Waals surface area contributed by atoms with E-state index in [-0.39, 0.29) is 12.5 Å². The summed E-state index contributed by atoms with van der Waals surface area (Å²) in [7, 11) is 0. The number of halogens is 1. The highest BCUT2D eigenvalue weighted by molar-refractivity contribution is 6.33. The SMILES string of the molecule is Cc1cc(C=O)cc(C)c1OCC(=O)Nc1ccccc1Cl. The molecule has 1 amide bonds. The topological polar surface area (TPSA) is 55.4 Å². The van der Waals surface area contributed by atoms with Crippen molar-refractivity contribution in [1.82, 2.24) is 0 Å². The summed E-state index contributed by atoms with van der Waals surface area (Å²) < 4.78 is 5.57. The number of anilines is 1. The molecule has 0 saturated carbocycles. The highest BCUT2D eigenvalue weighted by Crippen LogP contribution is 2.24. The van der Waals surface area contributed by atoms with Gasteiger partial charge in [0, 0.05) is 5.56 Å². The van der Waals surface area contributed by atoms with Crippen LogP contribution in [0.15, 0.2) is 36.4 Å². The van der Waals surface area contributed by atoms with Crippen molar-refractivity contribution in [3.63, 3.8) is 0 Å². The molecule has 0 aliphatic carbocycles. The Kier molecular flexibility index (Phi) is 5.17. The predicted molar refractivity (Wildman–Crippen MR) is 86.9 cm³/mol. The van der Waals surface area contributed by atoms with Crippen LogP contribution >= 0.6 is 11.6 Å². The molecule has 0 aliphatic rings. The number of ether oxygens (including phenoxy) is 1. The van der Waals surface area contributed by atoms with Crippen LogP contribution in [0.25, 0.3) is 0 Å². The van der Waals surface area contributed by atoms with Crippen molar-refractivity contribution < 1.29 is 14.3 Å². The van der Waals surface area contributed by atoms with Crippen molar-refractivity contribution in [3.05, 3.63) is 58.1 Å². The molecular formula is C17H16ClNO3. The number of aldehydes is 1. The molecule has 0 spiro atoms. The Hall–Kier alpha value is -2.33. The Bertz CT molecular complexity index is 690. The lowest BCUT2D eigenvalue weighted by atomic mass is 10.1. The van der Waals surface area contributed by atoms with E-state index in [1.54, 1.807) is 36.4 Å². The van der Waals surface area contributed by atoms with Gasteiger partial charge in [0.1, 0.15) is 12.0 Å². The fourth-order valence-corrected chi connectivity index (χ4v) is 2.35. The first-order chi connectivity index (χ1) is 10.5. The molecule has 0 heterocycles. The summed E-state index contributed by atoms with van der Waals surface area (Å²) in [6.07, 6.45) is 0.786. The van der Waals surface area contributed by atoms with Gasteiger partial charge in [-0.3, -0.25) is 9.59 Å². The maximum atomic E-state index is 11.9. The average molecular weight is 318 g/mol. The van der Waals surface area contributed by atoms with Gasteiger partial charge in [0.05, 0.1) is 10.7 Å². The van der Waals surface area contributed by atoms with Gasteiger partial charge < -0.3 is 10.1 Å². The number of hydrogen-bond acceptors (Lipinski definition) is 3. The zero-order chi connectivity index (χ0) is 16.1. The number of hydrogen-bond donors (Lipinski definition) is 1. The molecular weight excluding hydrogens is 302 g/mol. The van der Waals surface area contributed by atoms with Gasteiger partial charge in [0.25, 0.3) is 5.91 Å². The van der Waals surface area contributed by atoms with Gasteiger partial charge in [-0.1, -0.05) is 23.7 Å². The molecule has 1 N–H and O–H groups in total. The minimum Gasteiger partial charge on any atom is -0.483 e. The Morgan fingerprint density at radius 3 is 2.45 bits per heavy atom. The van der Waals surface area contributed by atoms with Crippen LogP contribution in [-0.4, -0.2) is 18.8 Å². The third-order valence-corrected chi connectivity index (χ3v) is 3.44. The number of amides is 1. The van der Waals surface area contributed by atoms with E-state index in [1.807, 2.05) is 13.8 Å². The van der Waals surface area contributed by atoms with Gasteiger partial charge in [0.2, 0.25) is 0 Å². The zero-order valence-electron chi connectivity index (χ0n) is 12.4. The summed E-state index contributed by atoms with van der Waals surface area (Å²) in [5, 5.41) is 3.16. The van der Waals surface area contributed by atoms with E-state index in [1.165, 1.54) is 0 Å². The van der Waals surface area contributed by atoms with Crippen molar-refractivity contribution in [1.29, 1.82) is 0 Å². The monoisotopic (exact) mass is 317 g/mol. The van der Waals surface area contributed by atoms with Crippen LogP contribution in [0.5, 0.6) is 5.75 Å². The first-order valence-electron chi connectivity index (χ1n) is 6.75. The molecule has 0 saturated heterocycles. The zero-order valence-corrected chi connectivity index (χ0v) is 13.1. The van der Waals surface area contributed by atoms with E-state index >= 15 is 0 Å². The molecule has 5 heteroatoms. The summed E-state index contributed by atoms with van der Waals surface area (Å²) in [5.74, 6) is 0.311. The van der Waals surface area contributed by atoms with Gasteiger partial charge in [-0.15, -0.1) is 0 Å². The third kappa shape index (κ3) is 3.86. The largest absolute Gasteiger partial charge is 0.483 e. The molecule has 0 unspecified atom stereocenters. The summed E-state index contributed by atoms with van der Waals surface area (Å²) in [4.78, 5) is 22.7. The molecule has 0 atom stereocenters. The number of benzene rings is 2. The first-order valence-corrected chi connectivity index (χ1v) is 7.12. The maximum absolute atomic E-state index is 11.9. The normalized spacial score (nSPS) is 10.1. The smallest absolute Gasteiger partial charge is 0.262 e. The number of carbonyl (C=O) groups excluding carboxylic acids is 2. The van der Waals surface area contributed by atoms with Gasteiger partial charge in [-0.25, -0.2) is 0 Å². The van der Waals surface area contributed by atoms with Gasteiger partial charge in [0.15, 0.2) is 6.61 Å². The molecule has 0 bridgehead atoms. The van der Waals surface area contributed by atoms with Crippen molar-refractivity contribution in [2.24, 2.45) is 0 Å². The lowest BCUT2D eigenvalue weighted by Crippen LogP contribution is -2.20. The second-order valence-electron chi connectivity index (χ2n) is 4.92. The minimum absolute atomic E-state index is 0.132. The van der Waals surface area contributed by atoms with Crippen molar-refractivity contribution >= 4 is 29.5 Å². The average Bonchev–Trinajstić information content (AvgIpc) is 2.48. The molecule has 0 aromatic heterocycles. The standard InChI is InChI=1S/C17H16ClNO3/c1-11-7-13(9-20)8-12(2)17(11)22-10-16(21)19-15-6-4-3-5-14(15)18/h3-9H,10H2,1-2H3,(H,19,21). The Balaban J connectivity index is 2.03. The minimum atomic E-state index is -0.300. The van der Waals surface area contributed by atoms with Gasteiger partial charge in [-0.05, 0) is 49.2 Å². The summed E-state index contributed by atoms with van der Waals surface area (Å²) in [6, 6.07) is 10.4. The Morgan fingerprint density at radius 2 is 1.86 bits per heavy atom. The van der Waals surface area contributed by atoms with Crippen molar-refractivity contribution in [2.75, 3.05) is 11.9 Å². The second-order valence-corrected chi connectivity index (χ2v) is 5.33. The van der Waals surface area contributed by atoms with Crippen LogP contribution in [0, 0.1) is 13.8 Å².